The summed E-state index contributed by atoms with van der Waals surface area (Å²) in [6.07, 6.45) is 0. The summed E-state index contributed by atoms with van der Waals surface area (Å²) in [5.74, 6) is 1.65. The molecule has 2 aromatic heterocycles. The molecule has 0 radical (unpaired) electrons. The number of phenolic OH excluding ortho intramolecular Hbond substituents is 2. The number of rotatable bonds is 4. The highest BCUT2D eigenvalue weighted by atomic mass is 32.2. The van der Waals surface area contributed by atoms with Crippen LogP contribution in [0.3, 0.4) is 0 Å². The van der Waals surface area contributed by atoms with E-state index in [1.54, 1.807) is 35.7 Å². The topological polar surface area (TPSA) is 154 Å². The standard InChI is InChI=1S/C30H32N12O2S4/c1-17-33-35-27(47-17)31-29(41-25(45-19(3)37-41)21-9-5-7-11-23(21)43)39-13-15-40(16-14-39)30(32-28-36-34-18(2)48-28)42-26(46-20(4)38-42)22-10-6-8-12-24(22)44/h5-12,25-26,43-44H,13-16H2,1-4H3/b31-29+,32-30+. The van der Waals surface area contributed by atoms with E-state index in [4.69, 9.17) is 20.2 Å². The summed E-state index contributed by atoms with van der Waals surface area (Å²) in [6.45, 7) is 10.0. The van der Waals surface area contributed by atoms with Crippen molar-refractivity contribution in [1.29, 1.82) is 0 Å². The summed E-state index contributed by atoms with van der Waals surface area (Å²) in [5.41, 5.74) is 1.50. The molecule has 14 nitrogen and oxygen atoms in total. The number of aromatic nitrogens is 4. The summed E-state index contributed by atoms with van der Waals surface area (Å²) < 4.78 is 0. The smallest absolute Gasteiger partial charge is 0.234 e. The zero-order valence-electron chi connectivity index (χ0n) is 26.5. The summed E-state index contributed by atoms with van der Waals surface area (Å²) in [4.78, 5) is 14.4. The van der Waals surface area contributed by atoms with Crippen molar-refractivity contribution in [3.63, 3.8) is 0 Å². The van der Waals surface area contributed by atoms with E-state index in [2.05, 4.69) is 30.2 Å². The van der Waals surface area contributed by atoms with Crippen LogP contribution in [0, 0.1) is 13.8 Å². The van der Waals surface area contributed by atoms with Gasteiger partial charge in [0.15, 0.2) is 0 Å². The second-order valence-corrected chi connectivity index (χ2v) is 15.9. The van der Waals surface area contributed by atoms with Gasteiger partial charge in [0.05, 0.1) is 10.1 Å². The minimum absolute atomic E-state index is 0.201. The maximum absolute atomic E-state index is 10.8. The Morgan fingerprint density at radius 3 is 1.38 bits per heavy atom. The third-order valence-corrected chi connectivity index (χ3v) is 11.3. The molecule has 248 valence electrons. The van der Waals surface area contributed by atoms with Crippen LogP contribution in [-0.2, 0) is 0 Å². The number of phenols is 2. The first kappa shape index (κ1) is 32.3. The van der Waals surface area contributed by atoms with Gasteiger partial charge in [-0.15, -0.1) is 20.4 Å². The van der Waals surface area contributed by atoms with Gasteiger partial charge < -0.3 is 20.0 Å². The Balaban J connectivity index is 1.21. The van der Waals surface area contributed by atoms with Crippen molar-refractivity contribution in [2.75, 3.05) is 26.2 Å². The molecule has 0 aliphatic carbocycles. The summed E-state index contributed by atoms with van der Waals surface area (Å²) in [5, 5.41) is 55.8. The van der Waals surface area contributed by atoms with E-state index in [-0.39, 0.29) is 22.2 Å². The molecule has 2 aromatic carbocycles. The van der Waals surface area contributed by atoms with Gasteiger partial charge >= 0.3 is 0 Å². The van der Waals surface area contributed by atoms with Gasteiger partial charge in [0, 0.05) is 37.3 Å². The number of hydrazone groups is 2. The summed E-state index contributed by atoms with van der Waals surface area (Å²) >= 11 is 5.95. The lowest BCUT2D eigenvalue weighted by Gasteiger charge is -2.41. The van der Waals surface area contributed by atoms with E-state index < -0.39 is 0 Å². The lowest BCUT2D eigenvalue weighted by atomic mass is 10.2. The van der Waals surface area contributed by atoms with Gasteiger partial charge in [0.25, 0.3) is 0 Å². The third-order valence-electron chi connectivity index (χ3n) is 7.59. The lowest BCUT2D eigenvalue weighted by Crippen LogP contribution is -2.56. The van der Waals surface area contributed by atoms with Crippen molar-refractivity contribution >= 4 is 78.5 Å². The van der Waals surface area contributed by atoms with Crippen LogP contribution in [0.25, 0.3) is 0 Å². The second-order valence-electron chi connectivity index (χ2n) is 11.0. The highest BCUT2D eigenvalue weighted by molar-refractivity contribution is 8.14. The fourth-order valence-electron chi connectivity index (χ4n) is 5.43. The maximum Gasteiger partial charge on any atom is 0.234 e. The van der Waals surface area contributed by atoms with Crippen LogP contribution in [0.1, 0.15) is 45.7 Å². The number of aromatic hydroxyl groups is 2. The number of nitrogens with zero attached hydrogens (tertiary/aromatic N) is 12. The van der Waals surface area contributed by atoms with E-state index in [1.165, 1.54) is 22.7 Å². The van der Waals surface area contributed by atoms with E-state index >= 15 is 0 Å². The Morgan fingerprint density at radius 2 is 1.02 bits per heavy atom. The molecular formula is C30H32N12O2S4. The maximum atomic E-state index is 10.8. The first-order valence-corrected chi connectivity index (χ1v) is 18.5. The molecular weight excluding hydrogens is 689 g/mol. The number of hydrogen-bond donors (Lipinski definition) is 2. The molecule has 0 amide bonds. The van der Waals surface area contributed by atoms with Gasteiger partial charge in [-0.25, -0.2) is 10.0 Å². The van der Waals surface area contributed by atoms with Crippen LogP contribution in [0.4, 0.5) is 10.3 Å². The van der Waals surface area contributed by atoms with Gasteiger partial charge in [0.2, 0.25) is 22.2 Å². The summed E-state index contributed by atoms with van der Waals surface area (Å²) in [7, 11) is 0. The SMILES string of the molecule is CC1=NN(/C(=N/c2nnc(C)s2)N2CCN(/C(=N\c3nnc(C)s3)N3N=C(C)SC3c3ccccc3O)CC2)C(c2ccccc2O)S1. The van der Waals surface area contributed by atoms with Crippen molar-refractivity contribution in [2.24, 2.45) is 20.2 Å². The van der Waals surface area contributed by atoms with Crippen LogP contribution < -0.4 is 0 Å². The summed E-state index contributed by atoms with van der Waals surface area (Å²) in [6, 6.07) is 14.6. The molecule has 18 heteroatoms. The van der Waals surface area contributed by atoms with Crippen molar-refractivity contribution < 1.29 is 10.2 Å². The van der Waals surface area contributed by atoms with E-state index in [1.807, 2.05) is 74.1 Å². The Labute approximate surface area is 293 Å². The first-order chi connectivity index (χ1) is 23.2. The number of aryl methyl sites for hydroxylation is 2. The number of aliphatic imine (C=N–C) groups is 2. The van der Waals surface area contributed by atoms with E-state index in [9.17, 15) is 10.2 Å². The largest absolute Gasteiger partial charge is 0.508 e. The fraction of sp³-hybridized carbons (Fsp3) is 0.333. The predicted molar refractivity (Wildman–Crippen MR) is 193 cm³/mol. The van der Waals surface area contributed by atoms with Crippen LogP contribution in [0.2, 0.25) is 0 Å². The molecule has 1 fully saturated rings. The second kappa shape index (κ2) is 13.7. The van der Waals surface area contributed by atoms with Crippen molar-refractivity contribution in [3.05, 3.63) is 69.7 Å². The molecule has 0 bridgehead atoms. The Hall–Kier alpha value is -4.26. The molecule has 2 N–H and O–H groups in total. The van der Waals surface area contributed by atoms with Crippen molar-refractivity contribution in [2.45, 2.75) is 38.4 Å². The van der Waals surface area contributed by atoms with Crippen molar-refractivity contribution in [3.8, 4) is 11.5 Å². The van der Waals surface area contributed by atoms with E-state index in [0.717, 1.165) is 31.2 Å². The van der Waals surface area contributed by atoms with Gasteiger partial charge in [-0.1, -0.05) is 82.6 Å². The zero-order valence-corrected chi connectivity index (χ0v) is 29.8. The monoisotopic (exact) mass is 720 g/mol. The first-order valence-electron chi connectivity index (χ1n) is 15.1. The minimum atomic E-state index is -0.312. The van der Waals surface area contributed by atoms with Crippen LogP contribution in [-0.4, -0.2) is 98.6 Å². The Kier molecular flexibility index (Phi) is 9.21. The molecule has 0 spiro atoms. The number of benzene rings is 2. The van der Waals surface area contributed by atoms with Gasteiger partial charge in [-0.2, -0.15) is 20.2 Å². The normalized spacial score (nSPS) is 20.5. The average molecular weight is 721 g/mol. The Morgan fingerprint density at radius 1 is 0.625 bits per heavy atom. The molecule has 0 saturated carbocycles. The number of para-hydroxylation sites is 2. The number of piperazine rings is 1. The van der Waals surface area contributed by atoms with Crippen LogP contribution in [0.15, 0.2) is 68.7 Å². The minimum Gasteiger partial charge on any atom is -0.508 e. The average Bonchev–Trinajstić information content (AvgIpc) is 3.87. The van der Waals surface area contributed by atoms with Crippen LogP contribution >= 0.6 is 46.2 Å². The molecule has 3 aliphatic heterocycles. The third kappa shape index (κ3) is 6.69. The molecule has 2 unspecified atom stereocenters. The number of hydrogen-bond acceptors (Lipinski definition) is 14. The Bertz CT molecular complexity index is 1800. The predicted octanol–water partition coefficient (Wildman–Crippen LogP) is 5.87. The molecule has 7 rings (SSSR count). The van der Waals surface area contributed by atoms with Crippen LogP contribution in [0.5, 0.6) is 11.5 Å². The van der Waals surface area contributed by atoms with Gasteiger partial charge in [-0.3, -0.25) is 0 Å². The molecule has 5 heterocycles. The van der Waals surface area contributed by atoms with Gasteiger partial charge in [-0.05, 0) is 39.8 Å². The molecule has 1 saturated heterocycles. The van der Waals surface area contributed by atoms with Crippen molar-refractivity contribution in [1.82, 2.24) is 40.2 Å². The fourth-order valence-corrected chi connectivity index (χ4v) is 8.60. The van der Waals surface area contributed by atoms with Gasteiger partial charge in [0.1, 0.15) is 32.3 Å². The molecule has 48 heavy (non-hydrogen) atoms. The highest BCUT2D eigenvalue weighted by Crippen LogP contribution is 2.45. The molecule has 3 aliphatic rings. The number of thioether (sulfide) groups is 2. The van der Waals surface area contributed by atoms with E-state index in [0.29, 0.717) is 48.4 Å². The zero-order chi connectivity index (χ0) is 33.4. The molecule has 2 atom stereocenters. The lowest BCUT2D eigenvalue weighted by molar-refractivity contribution is 0.208. The quantitative estimate of drug-likeness (QED) is 0.191. The number of guanidine groups is 2. The highest BCUT2D eigenvalue weighted by Gasteiger charge is 2.39. The molecule has 4 aromatic rings.